The average Bonchev–Trinajstić information content (AvgIpc) is 3.17. The van der Waals surface area contributed by atoms with E-state index in [1.807, 2.05) is 0 Å². The van der Waals surface area contributed by atoms with Crippen LogP contribution in [0.2, 0.25) is 0 Å². The second kappa shape index (κ2) is 5.65. The number of nitrogens with one attached hydrogen (secondary N) is 1. The minimum Gasteiger partial charge on any atom is -0.481 e. The maximum absolute atomic E-state index is 12.1. The molecule has 0 aliphatic heterocycles. The lowest BCUT2D eigenvalue weighted by atomic mass is 10.0. The molecule has 2 rings (SSSR count). The third-order valence-electron chi connectivity index (χ3n) is 3.42. The molecule has 0 aromatic heterocycles. The van der Waals surface area contributed by atoms with Gasteiger partial charge < -0.3 is 10.4 Å². The minimum absolute atomic E-state index is 0.128. The third-order valence-corrected chi connectivity index (χ3v) is 4.83. The van der Waals surface area contributed by atoms with Crippen LogP contribution in [-0.2, 0) is 11.2 Å². The van der Waals surface area contributed by atoms with Crippen LogP contribution >= 0.6 is 11.8 Å². The molecule has 102 valence electrons. The van der Waals surface area contributed by atoms with Crippen molar-refractivity contribution < 1.29 is 14.7 Å². The number of carbonyl (C=O) groups is 2. The highest BCUT2D eigenvalue weighted by Crippen LogP contribution is 2.46. The van der Waals surface area contributed by atoms with Crippen molar-refractivity contribution in [1.82, 2.24) is 5.32 Å². The Morgan fingerprint density at radius 3 is 2.63 bits per heavy atom. The Kier molecular flexibility index (Phi) is 4.14. The van der Waals surface area contributed by atoms with Crippen LogP contribution < -0.4 is 5.32 Å². The van der Waals surface area contributed by atoms with Crippen LogP contribution in [0.15, 0.2) is 24.3 Å². The first-order valence-corrected chi connectivity index (χ1v) is 7.42. The topological polar surface area (TPSA) is 66.4 Å². The first kappa shape index (κ1) is 13.9. The van der Waals surface area contributed by atoms with Crippen LogP contribution in [-0.4, -0.2) is 34.5 Å². The van der Waals surface area contributed by atoms with Crippen LogP contribution in [0.4, 0.5) is 0 Å². The number of benzene rings is 1. The Morgan fingerprint density at radius 1 is 1.37 bits per heavy atom. The first-order chi connectivity index (χ1) is 9.06. The first-order valence-electron chi connectivity index (χ1n) is 6.19. The van der Waals surface area contributed by atoms with E-state index in [4.69, 9.17) is 5.11 Å². The number of carboxylic acids is 1. The zero-order chi connectivity index (χ0) is 13.9. The molecule has 1 aliphatic rings. The molecule has 1 amide bonds. The van der Waals surface area contributed by atoms with Crippen LogP contribution in [0.25, 0.3) is 0 Å². The zero-order valence-corrected chi connectivity index (χ0v) is 11.6. The van der Waals surface area contributed by atoms with Gasteiger partial charge in [0.2, 0.25) is 0 Å². The summed E-state index contributed by atoms with van der Waals surface area (Å²) in [5, 5.41) is 11.8. The van der Waals surface area contributed by atoms with E-state index < -0.39 is 5.97 Å². The molecule has 0 unspecified atom stereocenters. The average molecular weight is 279 g/mol. The summed E-state index contributed by atoms with van der Waals surface area (Å²) in [4.78, 5) is 22.9. The van der Waals surface area contributed by atoms with E-state index >= 15 is 0 Å². The fourth-order valence-corrected chi connectivity index (χ4v) is 2.71. The van der Waals surface area contributed by atoms with Gasteiger partial charge in [0.25, 0.3) is 5.91 Å². The van der Waals surface area contributed by atoms with E-state index in [2.05, 4.69) is 11.6 Å². The van der Waals surface area contributed by atoms with Crippen molar-refractivity contribution in [2.45, 2.75) is 24.0 Å². The molecule has 4 nitrogen and oxygen atoms in total. The predicted molar refractivity (Wildman–Crippen MR) is 75.6 cm³/mol. The van der Waals surface area contributed by atoms with E-state index in [1.165, 1.54) is 0 Å². The van der Waals surface area contributed by atoms with Gasteiger partial charge in [0.05, 0.1) is 6.42 Å². The maximum atomic E-state index is 12.1. The molecule has 0 atom stereocenters. The van der Waals surface area contributed by atoms with Crippen LogP contribution in [0.3, 0.4) is 0 Å². The van der Waals surface area contributed by atoms with Crippen molar-refractivity contribution in [3.8, 4) is 0 Å². The Morgan fingerprint density at radius 2 is 2.05 bits per heavy atom. The lowest BCUT2D eigenvalue weighted by Gasteiger charge is -2.14. The van der Waals surface area contributed by atoms with Gasteiger partial charge in [-0.2, -0.15) is 11.8 Å². The van der Waals surface area contributed by atoms with Gasteiger partial charge in [0.15, 0.2) is 0 Å². The molecule has 0 saturated heterocycles. The largest absolute Gasteiger partial charge is 0.481 e. The van der Waals surface area contributed by atoms with Crippen LogP contribution in [0, 0.1) is 0 Å². The van der Waals surface area contributed by atoms with E-state index in [1.54, 1.807) is 36.0 Å². The molecule has 1 aromatic carbocycles. The van der Waals surface area contributed by atoms with Gasteiger partial charge in [0.1, 0.15) is 0 Å². The Hall–Kier alpha value is -1.49. The molecule has 1 aliphatic carbocycles. The smallest absolute Gasteiger partial charge is 0.307 e. The monoisotopic (exact) mass is 279 g/mol. The second-order valence-corrected chi connectivity index (χ2v) is 6.07. The molecule has 2 N–H and O–H groups in total. The van der Waals surface area contributed by atoms with E-state index in [9.17, 15) is 9.59 Å². The van der Waals surface area contributed by atoms with Gasteiger partial charge >= 0.3 is 5.97 Å². The summed E-state index contributed by atoms with van der Waals surface area (Å²) in [6.45, 7) is 0.647. The fraction of sp³-hybridized carbons (Fsp3) is 0.429. The number of carboxylic acid groups (broad SMARTS) is 1. The molecule has 5 heteroatoms. The summed E-state index contributed by atoms with van der Waals surface area (Å²) < 4.78 is 0.206. The SMILES string of the molecule is CSC1(CNC(=O)c2ccccc2CC(=O)O)CC1. The number of thioether (sulfide) groups is 1. The van der Waals surface area contributed by atoms with Crippen molar-refractivity contribution in [2.75, 3.05) is 12.8 Å². The fourth-order valence-electron chi connectivity index (χ4n) is 1.99. The van der Waals surface area contributed by atoms with Gasteiger partial charge in [-0.3, -0.25) is 9.59 Å². The molecule has 1 aromatic rings. The summed E-state index contributed by atoms with van der Waals surface area (Å²) in [6.07, 6.45) is 4.19. The number of hydrogen-bond donors (Lipinski definition) is 2. The van der Waals surface area contributed by atoms with Gasteiger partial charge in [0, 0.05) is 16.9 Å². The molecular weight excluding hydrogens is 262 g/mol. The Labute approximate surface area is 116 Å². The van der Waals surface area contributed by atoms with Gasteiger partial charge in [-0.15, -0.1) is 0 Å². The van der Waals surface area contributed by atoms with E-state index in [-0.39, 0.29) is 17.1 Å². The van der Waals surface area contributed by atoms with Crippen LogP contribution in [0.1, 0.15) is 28.8 Å². The quantitative estimate of drug-likeness (QED) is 0.835. The van der Waals surface area contributed by atoms with Gasteiger partial charge in [-0.1, -0.05) is 18.2 Å². The highest BCUT2D eigenvalue weighted by Gasteiger charge is 2.42. The summed E-state index contributed by atoms with van der Waals surface area (Å²) in [7, 11) is 0. The Balaban J connectivity index is 2.04. The number of rotatable bonds is 6. The van der Waals surface area contributed by atoms with Gasteiger partial charge in [-0.05, 0) is 30.7 Å². The number of carbonyl (C=O) groups excluding carboxylic acids is 1. The highest BCUT2D eigenvalue weighted by molar-refractivity contribution is 8.00. The number of aliphatic carboxylic acids is 1. The number of amides is 1. The zero-order valence-electron chi connectivity index (χ0n) is 10.8. The predicted octanol–water partition coefficient (Wildman–Crippen LogP) is 1.94. The molecule has 0 bridgehead atoms. The standard InChI is InChI=1S/C14H17NO3S/c1-19-14(6-7-14)9-15-13(18)11-5-3-2-4-10(11)8-12(16)17/h2-5H,6-9H2,1H3,(H,15,18)(H,16,17). The van der Waals surface area contributed by atoms with Crippen molar-refractivity contribution in [2.24, 2.45) is 0 Å². The minimum atomic E-state index is -0.928. The van der Waals surface area contributed by atoms with E-state index in [0.717, 1.165) is 12.8 Å². The molecule has 1 saturated carbocycles. The third kappa shape index (κ3) is 3.50. The molecule has 0 spiro atoms. The Bertz CT molecular complexity index is 497. The molecular formula is C14H17NO3S. The summed E-state index contributed by atoms with van der Waals surface area (Å²) >= 11 is 1.78. The highest BCUT2D eigenvalue weighted by atomic mass is 32.2. The number of hydrogen-bond acceptors (Lipinski definition) is 3. The lowest BCUT2D eigenvalue weighted by molar-refractivity contribution is -0.136. The molecule has 0 heterocycles. The van der Waals surface area contributed by atoms with Crippen molar-refractivity contribution >= 4 is 23.6 Å². The molecule has 1 fully saturated rings. The summed E-state index contributed by atoms with van der Waals surface area (Å²) in [5.41, 5.74) is 1.02. The lowest BCUT2D eigenvalue weighted by Crippen LogP contribution is -2.32. The molecule has 19 heavy (non-hydrogen) atoms. The van der Waals surface area contributed by atoms with Crippen molar-refractivity contribution in [3.63, 3.8) is 0 Å². The summed E-state index contributed by atoms with van der Waals surface area (Å²) in [5.74, 6) is -1.11. The van der Waals surface area contributed by atoms with Crippen molar-refractivity contribution in [3.05, 3.63) is 35.4 Å². The summed E-state index contributed by atoms with van der Waals surface area (Å²) in [6, 6.07) is 6.86. The second-order valence-electron chi connectivity index (χ2n) is 4.80. The maximum Gasteiger partial charge on any atom is 0.307 e. The van der Waals surface area contributed by atoms with Crippen molar-refractivity contribution in [1.29, 1.82) is 0 Å². The van der Waals surface area contributed by atoms with E-state index in [0.29, 0.717) is 17.7 Å². The van der Waals surface area contributed by atoms with Crippen LogP contribution in [0.5, 0.6) is 0 Å². The normalized spacial score (nSPS) is 15.8. The van der Waals surface area contributed by atoms with Gasteiger partial charge in [-0.25, -0.2) is 0 Å². The molecule has 0 radical (unpaired) electrons.